The molecule has 3 aromatic rings. The number of aromatic nitrogens is 1. The molecular formula is C44H52F3N5O9S. The molecular weight excluding hydrogens is 832 g/mol. The monoisotopic (exact) mass is 883 g/mol. The molecule has 2 aliphatic heterocycles. The zero-order valence-electron chi connectivity index (χ0n) is 35.1. The average Bonchev–Trinajstić information content (AvgIpc) is 4.14. The minimum absolute atomic E-state index is 0.0509. The number of rotatable bonds is 9. The minimum Gasteiger partial charge on any atom is -0.497 e. The number of hydrogen-bond acceptors (Lipinski definition) is 9. The van der Waals surface area contributed by atoms with Crippen LogP contribution in [-0.2, 0) is 24.4 Å². The third kappa shape index (κ3) is 8.79. The Morgan fingerprint density at radius 1 is 1.03 bits per heavy atom. The molecule has 2 aromatic carbocycles. The molecule has 0 radical (unpaired) electrons. The van der Waals surface area contributed by atoms with Crippen molar-refractivity contribution in [3.8, 4) is 22.9 Å². The zero-order chi connectivity index (χ0) is 44.9. The van der Waals surface area contributed by atoms with Crippen molar-refractivity contribution in [3.63, 3.8) is 0 Å². The maximum absolute atomic E-state index is 15.2. The van der Waals surface area contributed by atoms with E-state index in [4.69, 9.17) is 14.5 Å². The van der Waals surface area contributed by atoms with Crippen LogP contribution >= 0.6 is 0 Å². The molecule has 0 unspecified atom stereocenters. The lowest BCUT2D eigenvalue weighted by molar-refractivity contribution is -0.222. The van der Waals surface area contributed by atoms with Crippen LogP contribution in [0, 0.1) is 17.8 Å². The summed E-state index contributed by atoms with van der Waals surface area (Å²) in [5.74, 6) is -3.95. The lowest BCUT2D eigenvalue weighted by Crippen LogP contribution is -2.66. The first-order valence-electron chi connectivity index (χ1n) is 20.8. The Kier molecular flexibility index (Phi) is 12.0. The molecule has 7 rings (SSSR count). The molecule has 14 nitrogen and oxygen atoms in total. The van der Waals surface area contributed by atoms with Gasteiger partial charge in [0.1, 0.15) is 35.0 Å². The van der Waals surface area contributed by atoms with E-state index in [0.717, 1.165) is 10.5 Å². The van der Waals surface area contributed by atoms with Crippen molar-refractivity contribution in [1.82, 2.24) is 24.8 Å². The highest BCUT2D eigenvalue weighted by atomic mass is 32.2. The minimum atomic E-state index is -5.10. The maximum atomic E-state index is 15.2. The van der Waals surface area contributed by atoms with Gasteiger partial charge in [0.2, 0.25) is 27.7 Å². The fourth-order valence-corrected chi connectivity index (χ4v) is 10.2. The van der Waals surface area contributed by atoms with Gasteiger partial charge in [-0.3, -0.25) is 24.0 Å². The van der Waals surface area contributed by atoms with Gasteiger partial charge < -0.3 is 24.8 Å². The van der Waals surface area contributed by atoms with Crippen molar-refractivity contribution in [2.45, 2.75) is 113 Å². The van der Waals surface area contributed by atoms with E-state index >= 15 is 4.79 Å². The van der Waals surface area contributed by atoms with E-state index in [1.54, 1.807) is 24.3 Å². The molecule has 0 spiro atoms. The molecule has 3 heterocycles. The van der Waals surface area contributed by atoms with Gasteiger partial charge in [-0.25, -0.2) is 18.2 Å². The lowest BCUT2D eigenvalue weighted by atomic mass is 9.85. The van der Waals surface area contributed by atoms with Gasteiger partial charge in [-0.15, -0.1) is 0 Å². The molecule has 1 saturated heterocycles. The first-order valence-corrected chi connectivity index (χ1v) is 22.4. The summed E-state index contributed by atoms with van der Waals surface area (Å²) in [5.41, 5.74) is -3.48. The zero-order valence-corrected chi connectivity index (χ0v) is 36.0. The number of nitrogens with one attached hydrogen (secondary N) is 2. The van der Waals surface area contributed by atoms with E-state index in [0.29, 0.717) is 61.7 Å². The van der Waals surface area contributed by atoms with Crippen LogP contribution < -0.4 is 19.5 Å². The van der Waals surface area contributed by atoms with Gasteiger partial charge >= 0.3 is 12.3 Å². The summed E-state index contributed by atoms with van der Waals surface area (Å²) >= 11 is 0. The Morgan fingerprint density at radius 2 is 1.74 bits per heavy atom. The molecule has 4 amide bonds. The number of ether oxygens (including phenoxy) is 2. The number of nitrogens with zero attached hydrogens (tertiary/aromatic N) is 3. The summed E-state index contributed by atoms with van der Waals surface area (Å²) in [6.45, 7) is 4.40. The van der Waals surface area contributed by atoms with Crippen LogP contribution in [0.5, 0.6) is 11.6 Å². The summed E-state index contributed by atoms with van der Waals surface area (Å²) in [5, 5.41) is 13.8. The number of pyridine rings is 1. The van der Waals surface area contributed by atoms with Crippen LogP contribution in [0.3, 0.4) is 0 Å². The quantitative estimate of drug-likeness (QED) is 0.202. The van der Waals surface area contributed by atoms with E-state index in [1.807, 2.05) is 49.4 Å². The second-order valence-electron chi connectivity index (χ2n) is 17.7. The number of carboxylic acid groups (broad SMARTS) is 1. The maximum Gasteiger partial charge on any atom is 0.411 e. The predicted octanol–water partition coefficient (Wildman–Crippen LogP) is 6.44. The number of amides is 4. The molecule has 62 heavy (non-hydrogen) atoms. The Balaban J connectivity index is 1.32. The fourth-order valence-electron chi connectivity index (χ4n) is 8.82. The molecule has 4 aliphatic rings. The Bertz CT molecular complexity index is 2380. The number of methoxy groups -OCH3 is 1. The first-order chi connectivity index (χ1) is 29.2. The predicted molar refractivity (Wildman–Crippen MR) is 222 cm³/mol. The summed E-state index contributed by atoms with van der Waals surface area (Å²) in [6.07, 6.45) is -2.84. The number of carbonyl (C=O) groups is 4. The van der Waals surface area contributed by atoms with Crippen molar-refractivity contribution in [2.75, 3.05) is 13.7 Å². The average molecular weight is 884 g/mol. The van der Waals surface area contributed by atoms with Crippen LogP contribution in [0.2, 0.25) is 0 Å². The van der Waals surface area contributed by atoms with E-state index in [2.05, 4.69) is 10.0 Å². The molecule has 0 bridgehead atoms. The van der Waals surface area contributed by atoms with Crippen LogP contribution in [-0.4, -0.2) is 106 Å². The summed E-state index contributed by atoms with van der Waals surface area (Å²) < 4.78 is 84.5. The third-order valence-corrected chi connectivity index (χ3v) is 14.5. The molecule has 1 aromatic heterocycles. The van der Waals surface area contributed by atoms with Gasteiger partial charge in [0.15, 0.2) is 0 Å². The number of halogens is 3. The highest BCUT2D eigenvalue weighted by molar-refractivity contribution is 7.91. The highest BCUT2D eigenvalue weighted by Crippen LogP contribution is 2.47. The van der Waals surface area contributed by atoms with Crippen molar-refractivity contribution < 1.29 is 55.3 Å². The molecule has 2 aliphatic carbocycles. The normalized spacial score (nSPS) is 27.8. The number of sulfonamides is 1. The van der Waals surface area contributed by atoms with E-state index in [9.17, 15) is 41.1 Å². The van der Waals surface area contributed by atoms with Gasteiger partial charge in [-0.1, -0.05) is 56.3 Å². The van der Waals surface area contributed by atoms with E-state index in [-0.39, 0.29) is 42.5 Å². The van der Waals surface area contributed by atoms with Gasteiger partial charge in [0, 0.05) is 23.3 Å². The van der Waals surface area contributed by atoms with E-state index < -0.39 is 86.4 Å². The smallest absolute Gasteiger partial charge is 0.411 e. The second-order valence-corrected chi connectivity index (χ2v) is 19.6. The topological polar surface area (TPSA) is 185 Å². The van der Waals surface area contributed by atoms with Gasteiger partial charge in [-0.05, 0) is 93.9 Å². The molecule has 3 fully saturated rings. The molecule has 2 saturated carbocycles. The molecule has 334 valence electrons. The van der Waals surface area contributed by atoms with E-state index in [1.165, 1.54) is 14.0 Å². The number of fused-ring (bicyclic) bond motifs is 3. The summed E-state index contributed by atoms with van der Waals surface area (Å²) in [6, 6.07) is 12.9. The number of alkyl halides is 3. The van der Waals surface area contributed by atoms with Crippen LogP contribution in [0.25, 0.3) is 22.0 Å². The highest BCUT2D eigenvalue weighted by Gasteiger charge is 2.63. The van der Waals surface area contributed by atoms with Crippen LogP contribution in [0.15, 0.2) is 66.7 Å². The summed E-state index contributed by atoms with van der Waals surface area (Å²) in [4.78, 5) is 62.8. The van der Waals surface area contributed by atoms with Gasteiger partial charge in [0.05, 0.1) is 24.6 Å². The van der Waals surface area contributed by atoms with Crippen molar-refractivity contribution in [2.24, 2.45) is 17.8 Å². The fraction of sp³-hybridized carbons (Fsp3) is 0.523. The Hall–Kier alpha value is -5.39. The van der Waals surface area contributed by atoms with Crippen molar-refractivity contribution >= 4 is 44.6 Å². The summed E-state index contributed by atoms with van der Waals surface area (Å²) in [7, 11) is -2.51. The van der Waals surface area contributed by atoms with Crippen molar-refractivity contribution in [3.05, 3.63) is 66.7 Å². The first kappa shape index (κ1) is 44.7. The third-order valence-electron chi connectivity index (χ3n) is 12.7. The van der Waals surface area contributed by atoms with Gasteiger partial charge in [-0.2, -0.15) is 13.2 Å². The Morgan fingerprint density at radius 3 is 2.39 bits per heavy atom. The molecule has 3 N–H and O–H groups in total. The largest absolute Gasteiger partial charge is 0.497 e. The SMILES string of the molecule is COc1ccc2c(O[C@@H]3C[C@H]4C(=O)N[C@]5(C(=O)NS(=O)(=O)C6CC6)C[C@H]5/C=C\CC[C@@H](C)C[C@@H](C)[C@H](N(C(=O)O)C(C)(C)C(F)(F)F)C(=O)N4C3)nc(-c3ccccc3)cc2c1. The lowest BCUT2D eigenvalue weighted by Gasteiger charge is -2.45. The number of carbonyl (C=O) groups excluding carboxylic acids is 3. The number of allylic oxidation sites excluding steroid dienone is 1. The second kappa shape index (κ2) is 16.7. The van der Waals surface area contributed by atoms with Crippen molar-refractivity contribution in [1.29, 1.82) is 0 Å². The van der Waals surface area contributed by atoms with Crippen LogP contribution in [0.4, 0.5) is 18.0 Å². The van der Waals surface area contributed by atoms with Gasteiger partial charge in [0.25, 0.3) is 5.91 Å². The standard InChI is InChI=1S/C44H52F3N5O9S/c1-25-11-9-10-14-29-23-43(29,40(55)50-62(58,59)32-16-17-32)49-37(53)35-22-31(24-51(35)39(54)36(26(2)19-25)52(41(56)57)42(3,4)44(45,46)47)61-38-33-18-15-30(60-5)20-28(33)21-34(48-38)27-12-7-6-8-13-27/h6-8,10,12-15,18,20-21,25-26,29,31-32,35-36H,9,11,16-17,19,22-24H2,1-5H3,(H,49,53)(H,50,55)(H,56,57)/b14-10-/t25-,26-,29-,31-,35+,36+,43-/m1/s1. The number of benzene rings is 2. The Labute approximate surface area is 358 Å². The van der Waals surface area contributed by atoms with Crippen LogP contribution in [0.1, 0.15) is 72.6 Å². The molecule has 7 atom stereocenters. The molecule has 18 heteroatoms. The number of hydrogen-bond donors (Lipinski definition) is 3.